The zero-order valence-electron chi connectivity index (χ0n) is 13.5. The number of ether oxygens (including phenoxy) is 2. The van der Waals surface area contributed by atoms with E-state index in [0.29, 0.717) is 12.3 Å². The molecule has 0 aromatic heterocycles. The first kappa shape index (κ1) is 16.8. The Labute approximate surface area is 135 Å². The summed E-state index contributed by atoms with van der Waals surface area (Å²) in [5, 5.41) is 2.81. The smallest absolute Gasteiger partial charge is 0.258 e. The molecule has 1 amide bonds. The molecule has 0 bridgehead atoms. The molecular weight excluding hydrogens is 297 g/mol. The molecular formula is C18H20FNO3. The van der Waals surface area contributed by atoms with Crippen molar-refractivity contribution in [2.45, 2.75) is 20.4 Å². The van der Waals surface area contributed by atoms with Crippen molar-refractivity contribution in [2.75, 3.05) is 13.7 Å². The summed E-state index contributed by atoms with van der Waals surface area (Å²) in [6.07, 6.45) is 0. The van der Waals surface area contributed by atoms with Crippen molar-refractivity contribution >= 4 is 5.91 Å². The number of carbonyl (C=O) groups excluding carboxylic acids is 1. The molecule has 0 aliphatic heterocycles. The number of rotatable bonds is 6. The van der Waals surface area contributed by atoms with Gasteiger partial charge in [0.05, 0.1) is 7.11 Å². The lowest BCUT2D eigenvalue weighted by Crippen LogP contribution is -2.28. The molecule has 0 fully saturated rings. The largest absolute Gasteiger partial charge is 0.496 e. The van der Waals surface area contributed by atoms with Crippen LogP contribution in [-0.2, 0) is 11.3 Å². The third kappa shape index (κ3) is 4.71. The van der Waals surface area contributed by atoms with Gasteiger partial charge in [0.2, 0.25) is 0 Å². The predicted octanol–water partition coefficient (Wildman–Crippen LogP) is 3.15. The quantitative estimate of drug-likeness (QED) is 0.890. The molecule has 0 atom stereocenters. The topological polar surface area (TPSA) is 47.6 Å². The Morgan fingerprint density at radius 3 is 2.48 bits per heavy atom. The van der Waals surface area contributed by atoms with Crippen molar-refractivity contribution in [3.05, 3.63) is 58.9 Å². The van der Waals surface area contributed by atoms with Crippen molar-refractivity contribution in [1.29, 1.82) is 0 Å². The van der Waals surface area contributed by atoms with Crippen molar-refractivity contribution in [2.24, 2.45) is 0 Å². The van der Waals surface area contributed by atoms with Crippen molar-refractivity contribution in [1.82, 2.24) is 5.32 Å². The van der Waals surface area contributed by atoms with Crippen LogP contribution in [-0.4, -0.2) is 19.6 Å². The van der Waals surface area contributed by atoms with Gasteiger partial charge in [-0.15, -0.1) is 0 Å². The van der Waals surface area contributed by atoms with Gasteiger partial charge in [-0.05, 0) is 60.9 Å². The van der Waals surface area contributed by atoms with Crippen LogP contribution in [0.4, 0.5) is 4.39 Å². The SMILES string of the molecule is COc1cc(C)c(CNC(=O)COc2ccc(F)cc2)cc1C. The van der Waals surface area contributed by atoms with Crippen LogP contribution in [0.5, 0.6) is 11.5 Å². The minimum absolute atomic E-state index is 0.111. The van der Waals surface area contributed by atoms with E-state index in [1.54, 1.807) is 7.11 Å². The average Bonchev–Trinajstić information content (AvgIpc) is 2.54. The lowest BCUT2D eigenvalue weighted by Gasteiger charge is -2.12. The van der Waals surface area contributed by atoms with E-state index >= 15 is 0 Å². The van der Waals surface area contributed by atoms with Gasteiger partial charge in [0.15, 0.2) is 6.61 Å². The van der Waals surface area contributed by atoms with E-state index in [-0.39, 0.29) is 18.3 Å². The van der Waals surface area contributed by atoms with E-state index in [2.05, 4.69) is 5.32 Å². The molecule has 2 aromatic rings. The molecule has 4 nitrogen and oxygen atoms in total. The Hall–Kier alpha value is -2.56. The summed E-state index contributed by atoms with van der Waals surface area (Å²) in [5.41, 5.74) is 3.09. The molecule has 1 N–H and O–H groups in total. The molecule has 0 aliphatic carbocycles. The monoisotopic (exact) mass is 317 g/mol. The Morgan fingerprint density at radius 1 is 1.13 bits per heavy atom. The number of hydrogen-bond donors (Lipinski definition) is 1. The minimum Gasteiger partial charge on any atom is -0.496 e. The minimum atomic E-state index is -0.341. The molecule has 0 saturated heterocycles. The number of hydrogen-bond acceptors (Lipinski definition) is 3. The number of methoxy groups -OCH3 is 1. The Morgan fingerprint density at radius 2 is 1.83 bits per heavy atom. The van der Waals surface area contributed by atoms with Crippen LogP contribution in [0.2, 0.25) is 0 Å². The van der Waals surface area contributed by atoms with Gasteiger partial charge in [-0.25, -0.2) is 4.39 Å². The van der Waals surface area contributed by atoms with E-state index in [0.717, 1.165) is 22.4 Å². The van der Waals surface area contributed by atoms with Gasteiger partial charge in [0.1, 0.15) is 17.3 Å². The standard InChI is InChI=1S/C18H20FNO3/c1-12-9-17(22-3)13(2)8-14(12)10-20-18(21)11-23-16-6-4-15(19)5-7-16/h4-9H,10-11H2,1-3H3,(H,20,21). The van der Waals surface area contributed by atoms with Crippen LogP contribution in [0.25, 0.3) is 0 Å². The third-order valence-electron chi connectivity index (χ3n) is 3.51. The number of benzene rings is 2. The number of aryl methyl sites for hydroxylation is 2. The Balaban J connectivity index is 1.87. The zero-order valence-corrected chi connectivity index (χ0v) is 13.5. The zero-order chi connectivity index (χ0) is 16.8. The van der Waals surface area contributed by atoms with Crippen LogP contribution in [0.1, 0.15) is 16.7 Å². The summed E-state index contributed by atoms with van der Waals surface area (Å²) >= 11 is 0. The van der Waals surface area contributed by atoms with Gasteiger partial charge in [-0.2, -0.15) is 0 Å². The van der Waals surface area contributed by atoms with Gasteiger partial charge >= 0.3 is 0 Å². The normalized spacial score (nSPS) is 10.3. The molecule has 122 valence electrons. The Kier molecular flexibility index (Phi) is 5.57. The number of nitrogens with one attached hydrogen (secondary N) is 1. The fourth-order valence-corrected chi connectivity index (χ4v) is 2.18. The number of amides is 1. The molecule has 0 radical (unpaired) electrons. The second-order valence-corrected chi connectivity index (χ2v) is 5.27. The molecule has 0 spiro atoms. The predicted molar refractivity (Wildman–Crippen MR) is 86.2 cm³/mol. The van der Waals surface area contributed by atoms with E-state index in [1.165, 1.54) is 24.3 Å². The maximum Gasteiger partial charge on any atom is 0.258 e. The van der Waals surface area contributed by atoms with Crippen LogP contribution < -0.4 is 14.8 Å². The summed E-state index contributed by atoms with van der Waals surface area (Å²) < 4.78 is 23.3. The summed E-state index contributed by atoms with van der Waals surface area (Å²) in [5.74, 6) is 0.713. The van der Waals surface area contributed by atoms with Gasteiger partial charge in [0, 0.05) is 6.54 Å². The maximum atomic E-state index is 12.8. The molecule has 0 heterocycles. The first-order valence-corrected chi connectivity index (χ1v) is 7.29. The highest BCUT2D eigenvalue weighted by molar-refractivity contribution is 5.77. The fourth-order valence-electron chi connectivity index (χ4n) is 2.18. The van der Waals surface area contributed by atoms with Crippen LogP contribution in [0, 0.1) is 19.7 Å². The van der Waals surface area contributed by atoms with E-state index < -0.39 is 0 Å². The molecule has 0 aliphatic rings. The summed E-state index contributed by atoms with van der Waals surface area (Å²) in [6.45, 7) is 4.24. The van der Waals surface area contributed by atoms with Crippen molar-refractivity contribution < 1.29 is 18.7 Å². The van der Waals surface area contributed by atoms with Crippen molar-refractivity contribution in [3.8, 4) is 11.5 Å². The van der Waals surface area contributed by atoms with Crippen LogP contribution >= 0.6 is 0 Å². The average molecular weight is 317 g/mol. The highest BCUT2D eigenvalue weighted by Crippen LogP contribution is 2.22. The van der Waals surface area contributed by atoms with Crippen molar-refractivity contribution in [3.63, 3.8) is 0 Å². The second kappa shape index (κ2) is 7.63. The molecule has 0 saturated carbocycles. The van der Waals surface area contributed by atoms with Crippen LogP contribution in [0.3, 0.4) is 0 Å². The molecule has 2 aromatic carbocycles. The van der Waals surface area contributed by atoms with Gasteiger partial charge in [-0.3, -0.25) is 4.79 Å². The molecule has 23 heavy (non-hydrogen) atoms. The lowest BCUT2D eigenvalue weighted by atomic mass is 10.0. The van der Waals surface area contributed by atoms with Gasteiger partial charge in [0.25, 0.3) is 5.91 Å². The first-order chi connectivity index (χ1) is 11.0. The van der Waals surface area contributed by atoms with Gasteiger partial charge < -0.3 is 14.8 Å². The number of halogens is 1. The molecule has 2 rings (SSSR count). The lowest BCUT2D eigenvalue weighted by molar-refractivity contribution is -0.123. The van der Waals surface area contributed by atoms with Crippen LogP contribution in [0.15, 0.2) is 36.4 Å². The molecule has 0 unspecified atom stereocenters. The first-order valence-electron chi connectivity index (χ1n) is 7.29. The third-order valence-corrected chi connectivity index (χ3v) is 3.51. The van der Waals surface area contributed by atoms with E-state index in [4.69, 9.17) is 9.47 Å². The van der Waals surface area contributed by atoms with E-state index in [1.807, 2.05) is 26.0 Å². The summed E-state index contributed by atoms with van der Waals surface area (Å²) in [7, 11) is 1.63. The highest BCUT2D eigenvalue weighted by atomic mass is 19.1. The highest BCUT2D eigenvalue weighted by Gasteiger charge is 2.07. The fraction of sp³-hybridized carbons (Fsp3) is 0.278. The van der Waals surface area contributed by atoms with E-state index in [9.17, 15) is 9.18 Å². The second-order valence-electron chi connectivity index (χ2n) is 5.27. The summed E-state index contributed by atoms with van der Waals surface area (Å²) in [6, 6.07) is 9.49. The summed E-state index contributed by atoms with van der Waals surface area (Å²) in [4.78, 5) is 11.8. The molecule has 5 heteroatoms. The maximum absolute atomic E-state index is 12.8. The number of carbonyl (C=O) groups is 1. The Bertz CT molecular complexity index is 683. The van der Waals surface area contributed by atoms with Gasteiger partial charge in [-0.1, -0.05) is 6.07 Å².